The minimum atomic E-state index is -0.0979. The Morgan fingerprint density at radius 2 is 2.28 bits per heavy atom. The van der Waals surface area contributed by atoms with E-state index in [0.717, 1.165) is 19.3 Å². The van der Waals surface area contributed by atoms with Crippen molar-refractivity contribution in [2.45, 2.75) is 45.6 Å². The Labute approximate surface area is 113 Å². The predicted molar refractivity (Wildman–Crippen MR) is 75.7 cm³/mol. The van der Waals surface area contributed by atoms with E-state index >= 15 is 0 Å². The van der Waals surface area contributed by atoms with Crippen molar-refractivity contribution in [2.24, 2.45) is 5.92 Å². The van der Waals surface area contributed by atoms with Crippen molar-refractivity contribution in [1.29, 1.82) is 0 Å². The van der Waals surface area contributed by atoms with E-state index < -0.39 is 0 Å². The monoisotopic (exact) mass is 269 g/mol. The third-order valence-electron chi connectivity index (χ3n) is 2.75. The van der Waals surface area contributed by atoms with Gasteiger partial charge in [0.15, 0.2) is 0 Å². The van der Waals surface area contributed by atoms with E-state index in [1.165, 1.54) is 4.88 Å². The Balaban J connectivity index is 2.19. The van der Waals surface area contributed by atoms with E-state index in [4.69, 9.17) is 0 Å². The molecule has 4 heteroatoms. The molecule has 1 aromatic heterocycles. The summed E-state index contributed by atoms with van der Waals surface area (Å²) in [5.41, 5.74) is 0. The van der Waals surface area contributed by atoms with Gasteiger partial charge in [0, 0.05) is 11.3 Å². The van der Waals surface area contributed by atoms with Crippen molar-refractivity contribution in [3.8, 4) is 0 Å². The second kappa shape index (κ2) is 8.27. The van der Waals surface area contributed by atoms with Crippen molar-refractivity contribution in [3.05, 3.63) is 22.4 Å². The standard InChI is InChI=1S/C14H23NO2S/c1-11(2)9-12(10-16)15-14(17)7-3-5-13-6-4-8-18-13/h4,6,8,11-12,16H,3,5,7,9-10H2,1-2H3,(H,15,17). The molecule has 0 bridgehead atoms. The van der Waals surface area contributed by atoms with Crippen LogP contribution in [-0.2, 0) is 11.2 Å². The molecular weight excluding hydrogens is 246 g/mol. The maximum absolute atomic E-state index is 11.7. The molecule has 18 heavy (non-hydrogen) atoms. The number of carbonyl (C=O) groups excluding carboxylic acids is 1. The fraction of sp³-hybridized carbons (Fsp3) is 0.643. The van der Waals surface area contributed by atoms with Gasteiger partial charge in [0.25, 0.3) is 0 Å². The van der Waals surface area contributed by atoms with Crippen LogP contribution in [0.2, 0.25) is 0 Å². The Kier molecular flexibility index (Phi) is 6.98. The molecule has 0 radical (unpaired) electrons. The average Bonchev–Trinajstić information content (AvgIpc) is 2.80. The van der Waals surface area contributed by atoms with E-state index in [-0.39, 0.29) is 18.6 Å². The van der Waals surface area contributed by atoms with Gasteiger partial charge in [-0.2, -0.15) is 0 Å². The molecule has 0 aliphatic rings. The number of thiophene rings is 1. The van der Waals surface area contributed by atoms with Gasteiger partial charge in [-0.25, -0.2) is 0 Å². The summed E-state index contributed by atoms with van der Waals surface area (Å²) in [6.07, 6.45) is 3.19. The summed E-state index contributed by atoms with van der Waals surface area (Å²) in [5.74, 6) is 0.528. The SMILES string of the molecule is CC(C)CC(CO)NC(=O)CCCc1cccs1. The smallest absolute Gasteiger partial charge is 0.220 e. The topological polar surface area (TPSA) is 49.3 Å². The lowest BCUT2D eigenvalue weighted by Crippen LogP contribution is -2.38. The number of rotatable bonds is 8. The molecule has 1 aromatic rings. The molecule has 1 heterocycles. The van der Waals surface area contributed by atoms with Crippen LogP contribution in [0, 0.1) is 5.92 Å². The van der Waals surface area contributed by atoms with Crippen LogP contribution in [0.5, 0.6) is 0 Å². The van der Waals surface area contributed by atoms with Crippen LogP contribution in [0.15, 0.2) is 17.5 Å². The first-order chi connectivity index (χ1) is 8.61. The summed E-state index contributed by atoms with van der Waals surface area (Å²) in [6, 6.07) is 4.03. The predicted octanol–water partition coefficient (Wildman–Crippen LogP) is 2.59. The first-order valence-corrected chi connectivity index (χ1v) is 7.42. The van der Waals surface area contributed by atoms with Gasteiger partial charge in [-0.15, -0.1) is 11.3 Å². The first kappa shape index (κ1) is 15.2. The Hall–Kier alpha value is -0.870. The molecule has 1 rings (SSSR count). The lowest BCUT2D eigenvalue weighted by Gasteiger charge is -2.18. The number of nitrogens with one attached hydrogen (secondary N) is 1. The fourth-order valence-electron chi connectivity index (χ4n) is 1.93. The van der Waals surface area contributed by atoms with E-state index in [1.807, 2.05) is 6.07 Å². The molecule has 0 saturated carbocycles. The summed E-state index contributed by atoms with van der Waals surface area (Å²) in [4.78, 5) is 13.0. The average molecular weight is 269 g/mol. The number of aliphatic hydroxyl groups is 1. The van der Waals surface area contributed by atoms with E-state index in [9.17, 15) is 9.90 Å². The molecule has 0 aromatic carbocycles. The number of aryl methyl sites for hydroxylation is 1. The molecule has 0 fully saturated rings. The second-order valence-corrected chi connectivity index (χ2v) is 6.04. The van der Waals surface area contributed by atoms with E-state index in [1.54, 1.807) is 11.3 Å². The van der Waals surface area contributed by atoms with Crippen molar-refractivity contribution in [1.82, 2.24) is 5.32 Å². The van der Waals surface area contributed by atoms with Crippen LogP contribution in [0.25, 0.3) is 0 Å². The number of hydrogen-bond donors (Lipinski definition) is 2. The highest BCUT2D eigenvalue weighted by Gasteiger charge is 2.12. The summed E-state index contributed by atoms with van der Waals surface area (Å²) in [6.45, 7) is 4.20. The van der Waals surface area contributed by atoms with Crippen LogP contribution in [0.4, 0.5) is 0 Å². The zero-order valence-electron chi connectivity index (χ0n) is 11.2. The summed E-state index contributed by atoms with van der Waals surface area (Å²) in [7, 11) is 0. The largest absolute Gasteiger partial charge is 0.394 e. The van der Waals surface area contributed by atoms with Gasteiger partial charge in [-0.05, 0) is 36.6 Å². The van der Waals surface area contributed by atoms with Crippen molar-refractivity contribution >= 4 is 17.2 Å². The summed E-state index contributed by atoms with van der Waals surface area (Å²) < 4.78 is 0. The van der Waals surface area contributed by atoms with Crippen LogP contribution in [-0.4, -0.2) is 23.7 Å². The number of aliphatic hydroxyl groups excluding tert-OH is 1. The summed E-state index contributed by atoms with van der Waals surface area (Å²) >= 11 is 1.73. The molecule has 1 atom stereocenters. The molecule has 0 aliphatic heterocycles. The second-order valence-electron chi connectivity index (χ2n) is 5.01. The van der Waals surface area contributed by atoms with Gasteiger partial charge < -0.3 is 10.4 Å². The Morgan fingerprint density at radius 3 is 2.83 bits per heavy atom. The van der Waals surface area contributed by atoms with Gasteiger partial charge in [0.05, 0.1) is 12.6 Å². The number of carbonyl (C=O) groups is 1. The highest BCUT2D eigenvalue weighted by Crippen LogP contribution is 2.12. The van der Waals surface area contributed by atoms with Crippen molar-refractivity contribution in [2.75, 3.05) is 6.61 Å². The molecule has 3 nitrogen and oxygen atoms in total. The first-order valence-electron chi connectivity index (χ1n) is 6.54. The van der Waals surface area contributed by atoms with Crippen LogP contribution in [0.1, 0.15) is 38.0 Å². The van der Waals surface area contributed by atoms with E-state index in [2.05, 4.69) is 30.6 Å². The number of amides is 1. The molecule has 1 amide bonds. The molecule has 0 saturated heterocycles. The molecule has 0 spiro atoms. The highest BCUT2D eigenvalue weighted by atomic mass is 32.1. The van der Waals surface area contributed by atoms with Gasteiger partial charge >= 0.3 is 0 Å². The lowest BCUT2D eigenvalue weighted by atomic mass is 10.0. The zero-order chi connectivity index (χ0) is 13.4. The maximum atomic E-state index is 11.7. The zero-order valence-corrected chi connectivity index (χ0v) is 12.0. The molecule has 0 aliphatic carbocycles. The molecule has 1 unspecified atom stereocenters. The van der Waals surface area contributed by atoms with Crippen molar-refractivity contribution < 1.29 is 9.90 Å². The Morgan fingerprint density at radius 1 is 1.50 bits per heavy atom. The molecule has 102 valence electrons. The summed E-state index contributed by atoms with van der Waals surface area (Å²) in [5, 5.41) is 14.1. The van der Waals surface area contributed by atoms with Gasteiger partial charge in [-0.3, -0.25) is 4.79 Å². The lowest BCUT2D eigenvalue weighted by molar-refractivity contribution is -0.122. The quantitative estimate of drug-likeness (QED) is 0.762. The number of hydrogen-bond acceptors (Lipinski definition) is 3. The molecule has 2 N–H and O–H groups in total. The molecular formula is C14H23NO2S. The third kappa shape index (κ3) is 6.17. The van der Waals surface area contributed by atoms with Crippen molar-refractivity contribution in [3.63, 3.8) is 0 Å². The fourth-order valence-corrected chi connectivity index (χ4v) is 2.68. The van der Waals surface area contributed by atoms with Crippen LogP contribution < -0.4 is 5.32 Å². The van der Waals surface area contributed by atoms with Gasteiger partial charge in [0.2, 0.25) is 5.91 Å². The maximum Gasteiger partial charge on any atom is 0.220 e. The third-order valence-corrected chi connectivity index (χ3v) is 3.68. The minimum absolute atomic E-state index is 0.0227. The van der Waals surface area contributed by atoms with Gasteiger partial charge in [0.1, 0.15) is 0 Å². The normalized spacial score (nSPS) is 12.7. The van der Waals surface area contributed by atoms with Gasteiger partial charge in [-0.1, -0.05) is 19.9 Å². The highest BCUT2D eigenvalue weighted by molar-refractivity contribution is 7.09. The van der Waals surface area contributed by atoms with Crippen LogP contribution >= 0.6 is 11.3 Å². The van der Waals surface area contributed by atoms with Crippen LogP contribution in [0.3, 0.4) is 0 Å². The minimum Gasteiger partial charge on any atom is -0.394 e. The van der Waals surface area contributed by atoms with E-state index in [0.29, 0.717) is 12.3 Å². The Bertz CT molecular complexity index is 336.